The molecule has 0 fully saturated rings. The molecule has 242 valence electrons. The second kappa shape index (κ2) is 11.2. The zero-order valence-electron chi connectivity index (χ0n) is 27.9. The molecule has 0 amide bonds. The topological polar surface area (TPSA) is 56.7 Å². The van der Waals surface area contributed by atoms with Crippen LogP contribution in [-0.4, -0.2) is 19.5 Å². The quantitative estimate of drug-likeness (QED) is 0.176. The molecular formula is C47H28N4O. The van der Waals surface area contributed by atoms with Gasteiger partial charge in [0.1, 0.15) is 11.2 Å². The van der Waals surface area contributed by atoms with Gasteiger partial charge in [-0.3, -0.25) is 0 Å². The fraction of sp³-hybridized carbons (Fsp3) is 0. The number of para-hydroxylation sites is 4. The van der Waals surface area contributed by atoms with Crippen molar-refractivity contribution >= 4 is 65.3 Å². The van der Waals surface area contributed by atoms with Crippen LogP contribution in [0, 0.1) is 0 Å². The molecule has 0 aliphatic carbocycles. The lowest BCUT2D eigenvalue weighted by Gasteiger charge is -2.13. The van der Waals surface area contributed by atoms with Crippen molar-refractivity contribution in [3.8, 4) is 39.9 Å². The molecule has 5 heteroatoms. The van der Waals surface area contributed by atoms with Crippen LogP contribution in [-0.2, 0) is 0 Å². The molecule has 5 nitrogen and oxygen atoms in total. The van der Waals surface area contributed by atoms with Crippen LogP contribution in [0.3, 0.4) is 0 Å². The molecular weight excluding hydrogens is 637 g/mol. The molecule has 0 atom stereocenters. The number of hydrogen-bond acceptors (Lipinski definition) is 4. The molecule has 11 rings (SSSR count). The van der Waals surface area contributed by atoms with Crippen molar-refractivity contribution in [2.24, 2.45) is 0 Å². The Hall–Kier alpha value is -7.11. The number of furan rings is 1. The fourth-order valence-electron chi connectivity index (χ4n) is 7.88. The van der Waals surface area contributed by atoms with E-state index in [9.17, 15) is 0 Å². The zero-order chi connectivity index (χ0) is 34.2. The lowest BCUT2D eigenvalue weighted by Crippen LogP contribution is -2.01. The summed E-state index contributed by atoms with van der Waals surface area (Å²) in [5.41, 5.74) is 7.69. The summed E-state index contributed by atoms with van der Waals surface area (Å²) in [5.74, 6) is 1.77. The maximum Gasteiger partial charge on any atom is 0.167 e. The molecule has 0 saturated carbocycles. The van der Waals surface area contributed by atoms with E-state index in [1.54, 1.807) is 0 Å². The van der Waals surface area contributed by atoms with Crippen LogP contribution in [0.2, 0.25) is 0 Å². The number of rotatable bonds is 4. The van der Waals surface area contributed by atoms with Gasteiger partial charge >= 0.3 is 0 Å². The minimum absolute atomic E-state index is 0.563. The van der Waals surface area contributed by atoms with Gasteiger partial charge in [-0.05, 0) is 64.7 Å². The summed E-state index contributed by atoms with van der Waals surface area (Å²) in [5, 5.41) is 9.14. The monoisotopic (exact) mass is 664 g/mol. The number of aromatic nitrogens is 4. The Kier molecular flexibility index (Phi) is 6.18. The SMILES string of the molecule is c1ccc2c(c1)ccc1cccc(-c3nc(-c4ccc(-n5c6ccccc6c6ccccc65)cc4)nc(-c4cccc5c4oc4ccccc45)n3)c12. The van der Waals surface area contributed by atoms with Crippen molar-refractivity contribution in [1.29, 1.82) is 0 Å². The third-order valence-corrected chi connectivity index (χ3v) is 10.3. The van der Waals surface area contributed by atoms with Gasteiger partial charge in [-0.25, -0.2) is 15.0 Å². The van der Waals surface area contributed by atoms with Crippen LogP contribution in [0.1, 0.15) is 0 Å². The minimum Gasteiger partial charge on any atom is -0.455 e. The maximum absolute atomic E-state index is 6.48. The highest BCUT2D eigenvalue weighted by atomic mass is 16.3. The van der Waals surface area contributed by atoms with Gasteiger partial charge in [0.15, 0.2) is 17.5 Å². The Morgan fingerprint density at radius 3 is 1.73 bits per heavy atom. The number of nitrogens with zero attached hydrogens (tertiary/aromatic N) is 4. The number of hydrogen-bond donors (Lipinski definition) is 0. The van der Waals surface area contributed by atoms with Gasteiger partial charge < -0.3 is 8.98 Å². The van der Waals surface area contributed by atoms with Gasteiger partial charge in [-0.15, -0.1) is 0 Å². The van der Waals surface area contributed by atoms with E-state index in [1.165, 1.54) is 27.2 Å². The Bertz CT molecular complexity index is 3140. The molecule has 0 aliphatic rings. The summed E-state index contributed by atoms with van der Waals surface area (Å²) >= 11 is 0. The molecule has 0 saturated heterocycles. The van der Waals surface area contributed by atoms with Crippen molar-refractivity contribution in [3.63, 3.8) is 0 Å². The third kappa shape index (κ3) is 4.33. The van der Waals surface area contributed by atoms with Gasteiger partial charge in [0.25, 0.3) is 0 Å². The summed E-state index contributed by atoms with van der Waals surface area (Å²) in [6.07, 6.45) is 0. The van der Waals surface area contributed by atoms with Crippen molar-refractivity contribution < 1.29 is 4.42 Å². The molecule has 0 bridgehead atoms. The van der Waals surface area contributed by atoms with Gasteiger partial charge in [0, 0.05) is 43.7 Å². The van der Waals surface area contributed by atoms with Crippen LogP contribution in [0.4, 0.5) is 0 Å². The summed E-state index contributed by atoms with van der Waals surface area (Å²) in [6.45, 7) is 0. The smallest absolute Gasteiger partial charge is 0.167 e. The van der Waals surface area contributed by atoms with Gasteiger partial charge in [-0.2, -0.15) is 0 Å². The predicted octanol–water partition coefficient (Wildman–Crippen LogP) is 12.2. The Balaban J connectivity index is 1.14. The molecule has 3 heterocycles. The zero-order valence-corrected chi connectivity index (χ0v) is 27.9. The maximum atomic E-state index is 6.48. The third-order valence-electron chi connectivity index (χ3n) is 10.3. The minimum atomic E-state index is 0.563. The number of benzene rings is 8. The van der Waals surface area contributed by atoms with Gasteiger partial charge in [0.05, 0.1) is 16.6 Å². The van der Waals surface area contributed by atoms with E-state index in [2.05, 4.69) is 150 Å². The van der Waals surface area contributed by atoms with Crippen LogP contribution < -0.4 is 0 Å². The molecule has 3 aromatic heterocycles. The molecule has 52 heavy (non-hydrogen) atoms. The molecule has 8 aromatic carbocycles. The van der Waals surface area contributed by atoms with Crippen LogP contribution >= 0.6 is 0 Å². The van der Waals surface area contributed by atoms with Gasteiger partial charge in [-0.1, -0.05) is 121 Å². The largest absolute Gasteiger partial charge is 0.455 e. The average molecular weight is 665 g/mol. The highest BCUT2D eigenvalue weighted by molar-refractivity contribution is 6.14. The van der Waals surface area contributed by atoms with E-state index in [1.807, 2.05) is 24.3 Å². The Morgan fingerprint density at radius 1 is 0.385 bits per heavy atom. The summed E-state index contributed by atoms with van der Waals surface area (Å²) in [7, 11) is 0. The highest BCUT2D eigenvalue weighted by Crippen LogP contribution is 2.38. The van der Waals surface area contributed by atoms with Gasteiger partial charge in [0.2, 0.25) is 0 Å². The van der Waals surface area contributed by atoms with Crippen molar-refractivity contribution in [1.82, 2.24) is 19.5 Å². The normalized spacial score (nSPS) is 11.8. The van der Waals surface area contributed by atoms with E-state index in [4.69, 9.17) is 19.4 Å². The van der Waals surface area contributed by atoms with E-state index in [0.29, 0.717) is 17.5 Å². The van der Waals surface area contributed by atoms with Crippen LogP contribution in [0.5, 0.6) is 0 Å². The summed E-state index contributed by atoms with van der Waals surface area (Å²) < 4.78 is 8.80. The second-order valence-corrected chi connectivity index (χ2v) is 13.2. The first-order chi connectivity index (χ1) is 25.8. The summed E-state index contributed by atoms with van der Waals surface area (Å²) in [4.78, 5) is 15.6. The molecule has 0 N–H and O–H groups in total. The van der Waals surface area contributed by atoms with Crippen molar-refractivity contribution in [2.45, 2.75) is 0 Å². The van der Waals surface area contributed by atoms with E-state index < -0.39 is 0 Å². The molecule has 0 unspecified atom stereocenters. The molecule has 11 aromatic rings. The van der Waals surface area contributed by atoms with Crippen LogP contribution in [0.15, 0.2) is 174 Å². The molecule has 0 aliphatic heterocycles. The second-order valence-electron chi connectivity index (χ2n) is 13.2. The molecule has 0 spiro atoms. The lowest BCUT2D eigenvalue weighted by molar-refractivity contribution is 0.669. The Morgan fingerprint density at radius 2 is 0.942 bits per heavy atom. The predicted molar refractivity (Wildman–Crippen MR) is 213 cm³/mol. The van der Waals surface area contributed by atoms with Crippen LogP contribution in [0.25, 0.3) is 105 Å². The lowest BCUT2D eigenvalue weighted by atomic mass is 9.97. The van der Waals surface area contributed by atoms with E-state index >= 15 is 0 Å². The number of fused-ring (bicyclic) bond motifs is 9. The Labute approximate surface area is 298 Å². The first-order valence-electron chi connectivity index (χ1n) is 17.5. The first kappa shape index (κ1) is 28.7. The standard InChI is InChI=1S/C47H28N4O/c1-2-13-33-29(11-1)23-24-30-12-9-18-38(43(30)33)46-48-45(49-47(50-46)39-19-10-17-37-36-16-5-8-22-42(36)52-44(37)39)31-25-27-32(28-26-31)51-40-20-6-3-14-34(40)35-15-4-7-21-41(35)51/h1-28H. The summed E-state index contributed by atoms with van der Waals surface area (Å²) in [6, 6.07) is 59.2. The van der Waals surface area contributed by atoms with E-state index in [0.717, 1.165) is 60.5 Å². The van der Waals surface area contributed by atoms with Crippen molar-refractivity contribution in [2.75, 3.05) is 0 Å². The first-order valence-corrected chi connectivity index (χ1v) is 17.5. The van der Waals surface area contributed by atoms with E-state index in [-0.39, 0.29) is 0 Å². The van der Waals surface area contributed by atoms with Crippen molar-refractivity contribution in [3.05, 3.63) is 170 Å². The fourth-order valence-corrected chi connectivity index (χ4v) is 7.88. The average Bonchev–Trinajstić information content (AvgIpc) is 3.76. The highest BCUT2D eigenvalue weighted by Gasteiger charge is 2.20. The molecule has 0 radical (unpaired) electrons.